The smallest absolute Gasteiger partial charge is 0.163 e. The fourth-order valence-corrected chi connectivity index (χ4v) is 1.84. The Labute approximate surface area is 112 Å². The van der Waals surface area contributed by atoms with Crippen molar-refractivity contribution in [1.82, 2.24) is 9.55 Å². The molecule has 19 heavy (non-hydrogen) atoms. The third kappa shape index (κ3) is 3.13. The number of nitrogen functional groups attached to an aromatic ring is 1. The number of anilines is 1. The highest BCUT2D eigenvalue weighted by molar-refractivity contribution is 5.97. The minimum atomic E-state index is -0.0562. The Balaban J connectivity index is 2.03. The van der Waals surface area contributed by atoms with Gasteiger partial charge in [0.05, 0.1) is 12.2 Å². The molecule has 0 saturated carbocycles. The van der Waals surface area contributed by atoms with E-state index in [9.17, 15) is 4.79 Å². The predicted octanol–water partition coefficient (Wildman–Crippen LogP) is 1.83. The molecular formula is C14H17N3O2. The van der Waals surface area contributed by atoms with Gasteiger partial charge in [0, 0.05) is 31.5 Å². The Hall–Kier alpha value is -2.30. The summed E-state index contributed by atoms with van der Waals surface area (Å²) in [6.45, 7) is 1.97. The molecule has 1 aromatic heterocycles. The molecule has 1 heterocycles. The van der Waals surface area contributed by atoms with Gasteiger partial charge in [0.1, 0.15) is 11.6 Å². The molecule has 0 saturated heterocycles. The van der Waals surface area contributed by atoms with Crippen molar-refractivity contribution in [3.63, 3.8) is 0 Å². The summed E-state index contributed by atoms with van der Waals surface area (Å²) in [5, 5.41) is 0. The molecule has 100 valence electrons. The van der Waals surface area contributed by atoms with Crippen molar-refractivity contribution in [1.29, 1.82) is 0 Å². The highest BCUT2D eigenvalue weighted by Gasteiger charge is 2.09. The molecule has 5 nitrogen and oxygen atoms in total. The molecule has 0 aliphatic heterocycles. The van der Waals surface area contributed by atoms with E-state index in [0.29, 0.717) is 30.0 Å². The lowest BCUT2D eigenvalue weighted by molar-refractivity contribution is 0.101. The van der Waals surface area contributed by atoms with E-state index < -0.39 is 0 Å². The predicted molar refractivity (Wildman–Crippen MR) is 73.3 cm³/mol. The molecule has 0 amide bonds. The Morgan fingerprint density at radius 3 is 2.89 bits per heavy atom. The lowest BCUT2D eigenvalue weighted by atomic mass is 10.1. The number of carbonyl (C=O) groups is 1. The van der Waals surface area contributed by atoms with Gasteiger partial charge in [0.15, 0.2) is 5.78 Å². The van der Waals surface area contributed by atoms with Crippen LogP contribution in [0.2, 0.25) is 0 Å². The number of benzene rings is 1. The maximum absolute atomic E-state index is 11.5. The zero-order valence-corrected chi connectivity index (χ0v) is 11.1. The molecule has 0 unspecified atom stereocenters. The van der Waals surface area contributed by atoms with Crippen LogP contribution in [0.5, 0.6) is 5.75 Å². The fourth-order valence-electron chi connectivity index (χ4n) is 1.84. The van der Waals surface area contributed by atoms with Gasteiger partial charge in [-0.1, -0.05) is 0 Å². The van der Waals surface area contributed by atoms with E-state index >= 15 is 0 Å². The summed E-state index contributed by atoms with van der Waals surface area (Å²) in [5.41, 5.74) is 6.74. The molecule has 0 aliphatic rings. The van der Waals surface area contributed by atoms with Crippen LogP contribution in [0.15, 0.2) is 30.6 Å². The van der Waals surface area contributed by atoms with Crippen LogP contribution in [0.3, 0.4) is 0 Å². The first-order valence-electron chi connectivity index (χ1n) is 6.07. The van der Waals surface area contributed by atoms with Crippen molar-refractivity contribution in [3.8, 4) is 5.75 Å². The van der Waals surface area contributed by atoms with Crippen molar-refractivity contribution in [2.24, 2.45) is 7.05 Å². The van der Waals surface area contributed by atoms with Crippen molar-refractivity contribution in [2.45, 2.75) is 13.3 Å². The van der Waals surface area contributed by atoms with Crippen molar-refractivity contribution >= 4 is 11.5 Å². The molecule has 1 aromatic carbocycles. The topological polar surface area (TPSA) is 70.1 Å². The van der Waals surface area contributed by atoms with Crippen LogP contribution >= 0.6 is 0 Å². The van der Waals surface area contributed by atoms with Crippen LogP contribution in [-0.2, 0) is 13.5 Å². The van der Waals surface area contributed by atoms with E-state index in [4.69, 9.17) is 10.5 Å². The van der Waals surface area contributed by atoms with Gasteiger partial charge >= 0.3 is 0 Å². The molecule has 2 N–H and O–H groups in total. The summed E-state index contributed by atoms with van der Waals surface area (Å²) >= 11 is 0. The first-order chi connectivity index (χ1) is 9.08. The second kappa shape index (κ2) is 5.56. The van der Waals surface area contributed by atoms with Crippen molar-refractivity contribution < 1.29 is 9.53 Å². The number of hydrogen-bond acceptors (Lipinski definition) is 4. The van der Waals surface area contributed by atoms with Crippen molar-refractivity contribution in [2.75, 3.05) is 12.3 Å². The normalized spacial score (nSPS) is 10.4. The number of Topliss-reactive ketones (excluding diaryl/α,β-unsaturated/α-hetero) is 1. The zero-order chi connectivity index (χ0) is 13.8. The molecular weight excluding hydrogens is 242 g/mol. The third-order valence-electron chi connectivity index (χ3n) is 2.89. The number of imidazole rings is 1. The first kappa shape index (κ1) is 13.1. The third-order valence-corrected chi connectivity index (χ3v) is 2.89. The number of ketones is 1. The Morgan fingerprint density at radius 2 is 2.26 bits per heavy atom. The van der Waals surface area contributed by atoms with E-state index in [1.54, 1.807) is 24.4 Å². The summed E-state index contributed by atoms with van der Waals surface area (Å²) in [4.78, 5) is 15.7. The minimum Gasteiger partial charge on any atom is -0.492 e. The van der Waals surface area contributed by atoms with Gasteiger partial charge in [-0.05, 0) is 25.1 Å². The molecule has 0 fully saturated rings. The standard InChI is InChI=1S/C14H17N3O2/c1-10(18)12-9-11(15)3-4-13(12)19-8-5-14-16-6-7-17(14)2/h3-4,6-7,9H,5,8,15H2,1-2H3. The molecule has 5 heteroatoms. The van der Waals surface area contributed by atoms with E-state index in [2.05, 4.69) is 4.98 Å². The maximum atomic E-state index is 11.5. The van der Waals surface area contributed by atoms with Crippen LogP contribution < -0.4 is 10.5 Å². The van der Waals surface area contributed by atoms with Crippen LogP contribution in [0, 0.1) is 0 Å². The number of nitrogens with two attached hydrogens (primary N) is 1. The first-order valence-corrected chi connectivity index (χ1v) is 6.07. The number of ether oxygens (including phenoxy) is 1. The van der Waals surface area contributed by atoms with Crippen LogP contribution in [-0.4, -0.2) is 21.9 Å². The lowest BCUT2D eigenvalue weighted by Gasteiger charge is -2.10. The average Bonchev–Trinajstić information content (AvgIpc) is 2.77. The van der Waals surface area contributed by atoms with Gasteiger partial charge in [-0.2, -0.15) is 0 Å². The Morgan fingerprint density at radius 1 is 1.47 bits per heavy atom. The summed E-state index contributed by atoms with van der Waals surface area (Å²) < 4.78 is 7.59. The summed E-state index contributed by atoms with van der Waals surface area (Å²) in [5.74, 6) is 1.45. The van der Waals surface area contributed by atoms with Crippen LogP contribution in [0.1, 0.15) is 23.1 Å². The van der Waals surface area contributed by atoms with E-state index in [-0.39, 0.29) is 5.78 Å². The van der Waals surface area contributed by atoms with Crippen LogP contribution in [0.4, 0.5) is 5.69 Å². The highest BCUT2D eigenvalue weighted by atomic mass is 16.5. The van der Waals surface area contributed by atoms with E-state index in [1.165, 1.54) is 6.92 Å². The van der Waals surface area contributed by atoms with E-state index in [1.807, 2.05) is 17.8 Å². The van der Waals surface area contributed by atoms with Gasteiger partial charge in [0.25, 0.3) is 0 Å². The zero-order valence-electron chi connectivity index (χ0n) is 11.1. The molecule has 0 bridgehead atoms. The Kier molecular flexibility index (Phi) is 3.85. The quantitative estimate of drug-likeness (QED) is 0.657. The molecule has 2 aromatic rings. The minimum absolute atomic E-state index is 0.0562. The fraction of sp³-hybridized carbons (Fsp3) is 0.286. The molecule has 0 aliphatic carbocycles. The summed E-state index contributed by atoms with van der Waals surface area (Å²) in [7, 11) is 1.94. The SMILES string of the molecule is CC(=O)c1cc(N)ccc1OCCc1nccn1C. The number of aromatic nitrogens is 2. The molecule has 0 radical (unpaired) electrons. The lowest BCUT2D eigenvalue weighted by Crippen LogP contribution is -2.08. The average molecular weight is 259 g/mol. The van der Waals surface area contributed by atoms with Gasteiger partial charge in [-0.15, -0.1) is 0 Å². The number of nitrogens with zero attached hydrogens (tertiary/aromatic N) is 2. The van der Waals surface area contributed by atoms with Crippen molar-refractivity contribution in [3.05, 3.63) is 42.0 Å². The van der Waals surface area contributed by atoms with Gasteiger partial charge in [-0.25, -0.2) is 4.98 Å². The van der Waals surface area contributed by atoms with E-state index in [0.717, 1.165) is 5.82 Å². The molecule has 0 spiro atoms. The van der Waals surface area contributed by atoms with Gasteiger partial charge in [0.2, 0.25) is 0 Å². The number of rotatable bonds is 5. The highest BCUT2D eigenvalue weighted by Crippen LogP contribution is 2.22. The van der Waals surface area contributed by atoms with Gasteiger partial charge < -0.3 is 15.0 Å². The maximum Gasteiger partial charge on any atom is 0.163 e. The number of aryl methyl sites for hydroxylation is 1. The monoisotopic (exact) mass is 259 g/mol. The second-order valence-electron chi connectivity index (χ2n) is 4.36. The summed E-state index contributed by atoms with van der Waals surface area (Å²) in [6.07, 6.45) is 4.32. The molecule has 2 rings (SSSR count). The summed E-state index contributed by atoms with van der Waals surface area (Å²) in [6, 6.07) is 5.09. The number of hydrogen-bond donors (Lipinski definition) is 1. The largest absolute Gasteiger partial charge is 0.492 e. The second-order valence-corrected chi connectivity index (χ2v) is 4.36. The van der Waals surface area contributed by atoms with Crippen LogP contribution in [0.25, 0.3) is 0 Å². The Bertz CT molecular complexity index is 590. The number of carbonyl (C=O) groups excluding carboxylic acids is 1. The molecule has 0 atom stereocenters. The van der Waals surface area contributed by atoms with Gasteiger partial charge in [-0.3, -0.25) is 4.79 Å².